The number of ether oxygens (including phenoxy) is 2. The van der Waals surface area contributed by atoms with Crippen LogP contribution >= 0.6 is 0 Å². The highest BCUT2D eigenvalue weighted by Crippen LogP contribution is 1.99. The minimum Gasteiger partial charge on any atom is -0.469 e. The maximum atomic E-state index is 5.32. The van der Waals surface area contributed by atoms with E-state index in [0.717, 1.165) is 50.9 Å². The summed E-state index contributed by atoms with van der Waals surface area (Å²) in [5.41, 5.74) is 0. The Morgan fingerprint density at radius 1 is 1.45 bits per heavy atom. The van der Waals surface area contributed by atoms with Crippen molar-refractivity contribution in [3.05, 3.63) is 24.2 Å². The summed E-state index contributed by atoms with van der Waals surface area (Å²) in [7, 11) is 1.70. The van der Waals surface area contributed by atoms with E-state index in [-0.39, 0.29) is 6.04 Å². The van der Waals surface area contributed by atoms with Gasteiger partial charge in [0.25, 0.3) is 0 Å². The molecule has 1 heterocycles. The highest BCUT2D eigenvalue weighted by Gasteiger charge is 2.05. The van der Waals surface area contributed by atoms with Crippen LogP contribution < -0.4 is 10.6 Å². The summed E-state index contributed by atoms with van der Waals surface area (Å²) in [6.07, 6.45) is 3.43. The molecule has 1 unspecified atom stereocenters. The molecule has 2 N–H and O–H groups in total. The lowest BCUT2D eigenvalue weighted by Crippen LogP contribution is -2.44. The van der Waals surface area contributed by atoms with Crippen LogP contribution in [0.15, 0.2) is 27.8 Å². The minimum atomic E-state index is 0.201. The lowest BCUT2D eigenvalue weighted by atomic mass is 10.3. The van der Waals surface area contributed by atoms with E-state index < -0.39 is 0 Å². The monoisotopic (exact) mass is 311 g/mol. The van der Waals surface area contributed by atoms with Gasteiger partial charge in [-0.1, -0.05) is 0 Å². The Morgan fingerprint density at radius 3 is 3.00 bits per heavy atom. The molecule has 0 spiro atoms. The number of furan rings is 1. The van der Waals surface area contributed by atoms with E-state index in [4.69, 9.17) is 13.9 Å². The fourth-order valence-electron chi connectivity index (χ4n) is 1.94. The number of rotatable bonds is 11. The van der Waals surface area contributed by atoms with Crippen LogP contribution in [-0.2, 0) is 15.9 Å². The first kappa shape index (κ1) is 18.5. The summed E-state index contributed by atoms with van der Waals surface area (Å²) in [5.74, 6) is 1.76. The van der Waals surface area contributed by atoms with Crippen molar-refractivity contribution >= 4 is 5.96 Å². The third-order valence-corrected chi connectivity index (χ3v) is 2.96. The van der Waals surface area contributed by atoms with E-state index in [9.17, 15) is 0 Å². The Labute approximate surface area is 133 Å². The van der Waals surface area contributed by atoms with E-state index in [1.54, 1.807) is 13.4 Å². The van der Waals surface area contributed by atoms with Crippen molar-refractivity contribution < 1.29 is 13.9 Å². The lowest BCUT2D eigenvalue weighted by Gasteiger charge is -2.17. The first-order valence-corrected chi connectivity index (χ1v) is 7.90. The van der Waals surface area contributed by atoms with Gasteiger partial charge in [-0.25, -0.2) is 0 Å². The average molecular weight is 311 g/mol. The van der Waals surface area contributed by atoms with Gasteiger partial charge in [-0.2, -0.15) is 0 Å². The fraction of sp³-hybridized carbons (Fsp3) is 0.688. The van der Waals surface area contributed by atoms with E-state index >= 15 is 0 Å². The molecule has 6 nitrogen and oxygen atoms in total. The summed E-state index contributed by atoms with van der Waals surface area (Å²) in [6.45, 7) is 7.69. The van der Waals surface area contributed by atoms with Crippen molar-refractivity contribution in [3.8, 4) is 0 Å². The molecule has 126 valence electrons. The third kappa shape index (κ3) is 8.69. The van der Waals surface area contributed by atoms with Crippen molar-refractivity contribution in [1.82, 2.24) is 10.6 Å². The van der Waals surface area contributed by atoms with Gasteiger partial charge in [0.15, 0.2) is 5.96 Å². The van der Waals surface area contributed by atoms with E-state index in [0.29, 0.717) is 6.61 Å². The molecule has 22 heavy (non-hydrogen) atoms. The van der Waals surface area contributed by atoms with Gasteiger partial charge < -0.3 is 24.5 Å². The molecule has 1 atom stereocenters. The van der Waals surface area contributed by atoms with Crippen molar-refractivity contribution in [3.63, 3.8) is 0 Å². The van der Waals surface area contributed by atoms with Crippen LogP contribution in [0.4, 0.5) is 0 Å². The van der Waals surface area contributed by atoms with Crippen LogP contribution in [0, 0.1) is 0 Å². The molecule has 0 radical (unpaired) electrons. The van der Waals surface area contributed by atoms with Crippen molar-refractivity contribution in [2.45, 2.75) is 32.7 Å². The number of guanidine groups is 1. The van der Waals surface area contributed by atoms with Crippen LogP contribution in [0.5, 0.6) is 0 Å². The third-order valence-electron chi connectivity index (χ3n) is 2.96. The molecule has 0 aliphatic carbocycles. The van der Waals surface area contributed by atoms with Crippen molar-refractivity contribution in [1.29, 1.82) is 0 Å². The van der Waals surface area contributed by atoms with Gasteiger partial charge in [0.2, 0.25) is 0 Å². The Morgan fingerprint density at radius 2 is 2.32 bits per heavy atom. The smallest absolute Gasteiger partial charge is 0.191 e. The normalized spacial score (nSPS) is 13.1. The summed E-state index contributed by atoms with van der Waals surface area (Å²) in [4.78, 5) is 4.56. The summed E-state index contributed by atoms with van der Waals surface area (Å²) in [6, 6.07) is 4.07. The molecule has 6 heteroatoms. The molecule has 1 aromatic heterocycles. The molecule has 0 aliphatic heterocycles. The van der Waals surface area contributed by atoms with Crippen LogP contribution in [0.1, 0.15) is 26.0 Å². The Hall–Kier alpha value is -1.53. The zero-order valence-corrected chi connectivity index (χ0v) is 13.9. The zero-order valence-electron chi connectivity index (χ0n) is 13.9. The molecule has 0 amide bonds. The maximum Gasteiger partial charge on any atom is 0.191 e. The standard InChI is InChI=1S/C16H29N3O3/c1-4-21-11-6-9-17-16(19-14(2)13-20-3)18-10-8-15-7-5-12-22-15/h5,7,12,14H,4,6,8-11,13H2,1-3H3,(H2,17,18,19). The second kappa shape index (κ2) is 12.1. The van der Waals surface area contributed by atoms with Gasteiger partial charge in [0, 0.05) is 45.9 Å². The van der Waals surface area contributed by atoms with E-state index in [1.807, 2.05) is 19.1 Å². The number of methoxy groups -OCH3 is 1. The SMILES string of the molecule is CCOCCCN=C(NCCc1ccco1)NC(C)COC. The van der Waals surface area contributed by atoms with Gasteiger partial charge in [0.05, 0.1) is 12.9 Å². The summed E-state index contributed by atoms with van der Waals surface area (Å²) >= 11 is 0. The highest BCUT2D eigenvalue weighted by atomic mass is 16.5. The average Bonchev–Trinajstić information content (AvgIpc) is 3.00. The van der Waals surface area contributed by atoms with E-state index in [2.05, 4.69) is 22.5 Å². The topological polar surface area (TPSA) is 68.0 Å². The van der Waals surface area contributed by atoms with Gasteiger partial charge in [-0.15, -0.1) is 0 Å². The zero-order chi connectivity index (χ0) is 16.0. The number of hydrogen-bond acceptors (Lipinski definition) is 4. The minimum absolute atomic E-state index is 0.201. The summed E-state index contributed by atoms with van der Waals surface area (Å²) in [5, 5.41) is 6.65. The van der Waals surface area contributed by atoms with Crippen LogP contribution in [-0.4, -0.2) is 52.0 Å². The summed E-state index contributed by atoms with van der Waals surface area (Å²) < 4.78 is 15.8. The fourth-order valence-corrected chi connectivity index (χ4v) is 1.94. The van der Waals surface area contributed by atoms with Crippen LogP contribution in [0.2, 0.25) is 0 Å². The van der Waals surface area contributed by atoms with Crippen molar-refractivity contribution in [2.24, 2.45) is 4.99 Å². The highest BCUT2D eigenvalue weighted by molar-refractivity contribution is 5.80. The molecule has 0 bridgehead atoms. The number of nitrogens with zero attached hydrogens (tertiary/aromatic N) is 1. The van der Waals surface area contributed by atoms with Gasteiger partial charge in [-0.3, -0.25) is 4.99 Å². The predicted octanol–water partition coefficient (Wildman–Crippen LogP) is 1.82. The first-order chi connectivity index (χ1) is 10.8. The first-order valence-electron chi connectivity index (χ1n) is 7.90. The second-order valence-corrected chi connectivity index (χ2v) is 5.04. The Bertz CT molecular complexity index is 393. The predicted molar refractivity (Wildman–Crippen MR) is 88.3 cm³/mol. The Balaban J connectivity index is 2.36. The maximum absolute atomic E-state index is 5.32. The molecule has 0 fully saturated rings. The van der Waals surface area contributed by atoms with Gasteiger partial charge >= 0.3 is 0 Å². The number of aliphatic imine (C=N–C) groups is 1. The lowest BCUT2D eigenvalue weighted by molar-refractivity contribution is 0.146. The van der Waals surface area contributed by atoms with Crippen molar-refractivity contribution in [2.75, 3.05) is 40.0 Å². The van der Waals surface area contributed by atoms with Gasteiger partial charge in [0.1, 0.15) is 5.76 Å². The van der Waals surface area contributed by atoms with Crippen LogP contribution in [0.3, 0.4) is 0 Å². The van der Waals surface area contributed by atoms with Gasteiger partial charge in [-0.05, 0) is 32.4 Å². The van der Waals surface area contributed by atoms with E-state index in [1.165, 1.54) is 0 Å². The molecule has 1 aromatic rings. The second-order valence-electron chi connectivity index (χ2n) is 5.04. The quantitative estimate of drug-likeness (QED) is 0.371. The van der Waals surface area contributed by atoms with Crippen LogP contribution in [0.25, 0.3) is 0 Å². The number of nitrogens with one attached hydrogen (secondary N) is 2. The molecular weight excluding hydrogens is 282 g/mol. The number of hydrogen-bond donors (Lipinski definition) is 2. The molecule has 0 aromatic carbocycles. The molecular formula is C16H29N3O3. The largest absolute Gasteiger partial charge is 0.469 e. The molecule has 1 rings (SSSR count). The molecule has 0 saturated heterocycles. The molecule has 0 aliphatic rings. The Kier molecular flexibility index (Phi) is 10.1. The molecule has 0 saturated carbocycles.